The highest BCUT2D eigenvalue weighted by molar-refractivity contribution is 6.01. The molecule has 0 saturated heterocycles. The predicted octanol–water partition coefficient (Wildman–Crippen LogP) is 2.29. The maximum atomic E-state index is 11.7. The van der Waals surface area contributed by atoms with Gasteiger partial charge in [0.1, 0.15) is 0 Å². The Morgan fingerprint density at radius 3 is 2.50 bits per heavy atom. The third-order valence-corrected chi connectivity index (χ3v) is 2.86. The van der Waals surface area contributed by atoms with Gasteiger partial charge in [-0.05, 0) is 43.9 Å². The van der Waals surface area contributed by atoms with E-state index in [1.165, 1.54) is 0 Å². The fourth-order valence-corrected chi connectivity index (χ4v) is 1.86. The molecule has 0 radical (unpaired) electrons. The number of amides is 2. The van der Waals surface area contributed by atoms with E-state index in [2.05, 4.69) is 10.6 Å². The summed E-state index contributed by atoms with van der Waals surface area (Å²) in [5, 5.41) is 14.5. The topological polar surface area (TPSA) is 78.4 Å². The van der Waals surface area contributed by atoms with Crippen LogP contribution in [0.1, 0.15) is 34.3 Å². The number of aromatic carboxylic acids is 1. The van der Waals surface area contributed by atoms with Crippen molar-refractivity contribution in [3.8, 4) is 0 Å². The molecule has 1 saturated carbocycles. The van der Waals surface area contributed by atoms with Crippen molar-refractivity contribution in [3.05, 3.63) is 28.8 Å². The first kappa shape index (κ1) is 12.4. The summed E-state index contributed by atoms with van der Waals surface area (Å²) in [5.74, 6) is -1.04. The van der Waals surface area contributed by atoms with Gasteiger partial charge in [-0.3, -0.25) is 0 Å². The predicted molar refractivity (Wildman–Crippen MR) is 68.1 cm³/mol. The Balaban J connectivity index is 2.24. The minimum atomic E-state index is -1.04. The van der Waals surface area contributed by atoms with Crippen molar-refractivity contribution in [1.82, 2.24) is 5.32 Å². The molecule has 0 bridgehead atoms. The number of aryl methyl sites for hydroxylation is 2. The minimum absolute atomic E-state index is 0.124. The van der Waals surface area contributed by atoms with Crippen LogP contribution in [0.4, 0.5) is 10.5 Å². The van der Waals surface area contributed by atoms with Crippen LogP contribution < -0.4 is 10.6 Å². The standard InChI is InChI=1S/C13H16N2O3/c1-7-5-8(2)11(10(6-7)12(16)17)15-13(18)14-9-3-4-9/h5-6,9H,3-4H2,1-2H3,(H,16,17)(H2,14,15,18). The molecular formula is C13H16N2O3. The number of hydrogen-bond donors (Lipinski definition) is 3. The van der Waals surface area contributed by atoms with E-state index >= 15 is 0 Å². The largest absolute Gasteiger partial charge is 0.478 e. The van der Waals surface area contributed by atoms with E-state index in [1.807, 2.05) is 13.0 Å². The number of nitrogens with one attached hydrogen (secondary N) is 2. The van der Waals surface area contributed by atoms with Crippen LogP contribution in [0.3, 0.4) is 0 Å². The summed E-state index contributed by atoms with van der Waals surface area (Å²) in [5.41, 5.74) is 2.10. The molecule has 0 aromatic heterocycles. The van der Waals surface area contributed by atoms with Gasteiger partial charge in [0.15, 0.2) is 0 Å². The smallest absolute Gasteiger partial charge is 0.337 e. The normalized spacial score (nSPS) is 14.1. The molecule has 1 aromatic rings. The first-order chi connectivity index (χ1) is 8.47. The van der Waals surface area contributed by atoms with Gasteiger partial charge >= 0.3 is 12.0 Å². The third-order valence-electron chi connectivity index (χ3n) is 2.86. The van der Waals surface area contributed by atoms with E-state index in [1.54, 1.807) is 13.0 Å². The quantitative estimate of drug-likeness (QED) is 0.767. The molecule has 2 amide bonds. The molecular weight excluding hydrogens is 232 g/mol. The Bertz CT molecular complexity index is 507. The Hall–Kier alpha value is -2.04. The fraction of sp³-hybridized carbons (Fsp3) is 0.385. The number of hydrogen-bond acceptors (Lipinski definition) is 2. The molecule has 0 spiro atoms. The lowest BCUT2D eigenvalue weighted by Crippen LogP contribution is -2.31. The van der Waals surface area contributed by atoms with Gasteiger partial charge in [-0.15, -0.1) is 0 Å². The summed E-state index contributed by atoms with van der Waals surface area (Å²) >= 11 is 0. The summed E-state index contributed by atoms with van der Waals surface area (Å²) in [6.07, 6.45) is 1.98. The number of benzene rings is 1. The Kier molecular flexibility index (Phi) is 3.23. The molecule has 0 heterocycles. The molecule has 18 heavy (non-hydrogen) atoms. The van der Waals surface area contributed by atoms with Gasteiger partial charge in [0.25, 0.3) is 0 Å². The van der Waals surface area contributed by atoms with Crippen LogP contribution in [0, 0.1) is 13.8 Å². The number of carboxylic acids is 1. The molecule has 3 N–H and O–H groups in total. The number of carbonyl (C=O) groups is 2. The zero-order chi connectivity index (χ0) is 13.3. The summed E-state index contributed by atoms with van der Waals surface area (Å²) in [7, 11) is 0. The SMILES string of the molecule is Cc1cc(C)c(NC(=O)NC2CC2)c(C(=O)O)c1. The van der Waals surface area contributed by atoms with Crippen LogP contribution in [-0.2, 0) is 0 Å². The minimum Gasteiger partial charge on any atom is -0.478 e. The average Bonchev–Trinajstić information content (AvgIpc) is 3.05. The van der Waals surface area contributed by atoms with Crippen LogP contribution >= 0.6 is 0 Å². The lowest BCUT2D eigenvalue weighted by atomic mass is 10.0. The highest BCUT2D eigenvalue weighted by Crippen LogP contribution is 2.24. The molecule has 1 aromatic carbocycles. The zero-order valence-corrected chi connectivity index (χ0v) is 10.4. The van der Waals surface area contributed by atoms with Gasteiger partial charge in [-0.25, -0.2) is 9.59 Å². The maximum Gasteiger partial charge on any atom is 0.337 e. The van der Waals surface area contributed by atoms with Crippen LogP contribution in [0.25, 0.3) is 0 Å². The number of carbonyl (C=O) groups excluding carboxylic acids is 1. The van der Waals surface area contributed by atoms with Gasteiger partial charge in [0.05, 0.1) is 11.3 Å². The Morgan fingerprint density at radius 2 is 1.94 bits per heavy atom. The van der Waals surface area contributed by atoms with Gasteiger partial charge in [-0.1, -0.05) is 6.07 Å². The van der Waals surface area contributed by atoms with Gasteiger partial charge in [0, 0.05) is 6.04 Å². The van der Waals surface area contributed by atoms with Crippen molar-refractivity contribution in [2.24, 2.45) is 0 Å². The van der Waals surface area contributed by atoms with Crippen molar-refractivity contribution in [2.45, 2.75) is 32.7 Å². The van der Waals surface area contributed by atoms with E-state index in [-0.39, 0.29) is 17.6 Å². The van der Waals surface area contributed by atoms with Crippen molar-refractivity contribution < 1.29 is 14.7 Å². The first-order valence-electron chi connectivity index (χ1n) is 5.89. The molecule has 1 fully saturated rings. The molecule has 5 heteroatoms. The van der Waals surface area contributed by atoms with Crippen molar-refractivity contribution in [3.63, 3.8) is 0 Å². The lowest BCUT2D eigenvalue weighted by molar-refractivity contribution is 0.0698. The van der Waals surface area contributed by atoms with Crippen LogP contribution in [-0.4, -0.2) is 23.1 Å². The molecule has 0 unspecified atom stereocenters. The summed E-state index contributed by atoms with van der Waals surface area (Å²) in [6, 6.07) is 3.30. The van der Waals surface area contributed by atoms with Crippen LogP contribution in [0.15, 0.2) is 12.1 Å². The molecule has 5 nitrogen and oxygen atoms in total. The fourth-order valence-electron chi connectivity index (χ4n) is 1.86. The Labute approximate surface area is 105 Å². The monoisotopic (exact) mass is 248 g/mol. The zero-order valence-electron chi connectivity index (χ0n) is 10.4. The van der Waals surface area contributed by atoms with Crippen molar-refractivity contribution in [1.29, 1.82) is 0 Å². The lowest BCUT2D eigenvalue weighted by Gasteiger charge is -2.13. The highest BCUT2D eigenvalue weighted by Gasteiger charge is 2.24. The van der Waals surface area contributed by atoms with Crippen molar-refractivity contribution in [2.75, 3.05) is 5.32 Å². The molecule has 96 valence electrons. The summed E-state index contributed by atoms with van der Waals surface area (Å²) < 4.78 is 0. The van der Waals surface area contributed by atoms with Crippen LogP contribution in [0.2, 0.25) is 0 Å². The molecule has 1 aliphatic rings. The van der Waals surface area contributed by atoms with Crippen LogP contribution in [0.5, 0.6) is 0 Å². The van der Waals surface area contributed by atoms with E-state index < -0.39 is 5.97 Å². The second-order valence-electron chi connectivity index (χ2n) is 4.68. The average molecular weight is 248 g/mol. The van der Waals surface area contributed by atoms with Crippen molar-refractivity contribution >= 4 is 17.7 Å². The van der Waals surface area contributed by atoms with E-state index in [9.17, 15) is 9.59 Å². The number of urea groups is 1. The first-order valence-corrected chi connectivity index (χ1v) is 5.89. The summed E-state index contributed by atoms with van der Waals surface area (Å²) in [6.45, 7) is 3.61. The Morgan fingerprint density at radius 1 is 1.28 bits per heavy atom. The maximum absolute atomic E-state index is 11.7. The molecule has 0 atom stereocenters. The highest BCUT2D eigenvalue weighted by atomic mass is 16.4. The second-order valence-corrected chi connectivity index (χ2v) is 4.68. The third kappa shape index (κ3) is 2.80. The van der Waals surface area contributed by atoms with Gasteiger partial charge in [-0.2, -0.15) is 0 Å². The number of rotatable bonds is 3. The van der Waals surface area contributed by atoms with E-state index in [4.69, 9.17) is 5.11 Å². The molecule has 2 rings (SSSR count). The number of carboxylic acid groups (broad SMARTS) is 1. The van der Waals surface area contributed by atoms with E-state index in [0.29, 0.717) is 5.69 Å². The molecule has 1 aliphatic carbocycles. The second kappa shape index (κ2) is 4.68. The van der Waals surface area contributed by atoms with Gasteiger partial charge < -0.3 is 15.7 Å². The number of anilines is 1. The van der Waals surface area contributed by atoms with Gasteiger partial charge in [0.2, 0.25) is 0 Å². The summed E-state index contributed by atoms with van der Waals surface area (Å²) in [4.78, 5) is 22.8. The van der Waals surface area contributed by atoms with E-state index in [0.717, 1.165) is 24.0 Å². The molecule has 0 aliphatic heterocycles.